The Morgan fingerprint density at radius 2 is 1.57 bits per heavy atom. The molecular formula is C26H21Cl6N3O2. The van der Waals surface area contributed by atoms with Crippen molar-refractivity contribution in [2.45, 2.75) is 18.2 Å². The summed E-state index contributed by atoms with van der Waals surface area (Å²) in [6.45, 7) is 0.660. The maximum absolute atomic E-state index is 12.6. The van der Waals surface area contributed by atoms with E-state index in [9.17, 15) is 4.79 Å². The topological polar surface area (TPSA) is 44.8 Å². The van der Waals surface area contributed by atoms with Gasteiger partial charge in [-0.05, 0) is 47.5 Å². The summed E-state index contributed by atoms with van der Waals surface area (Å²) in [5.41, 5.74) is 1.40. The van der Waals surface area contributed by atoms with Gasteiger partial charge in [-0.15, -0.1) is 0 Å². The van der Waals surface area contributed by atoms with Gasteiger partial charge in [0.15, 0.2) is 0 Å². The molecule has 0 radical (unpaired) electrons. The highest BCUT2D eigenvalue weighted by molar-refractivity contribution is 6.39. The van der Waals surface area contributed by atoms with Gasteiger partial charge in [0.1, 0.15) is 11.6 Å². The number of rotatable bonds is 9. The number of halogens is 6. The second-order valence-electron chi connectivity index (χ2n) is 8.24. The monoisotopic (exact) mass is 617 g/mol. The molecule has 0 spiro atoms. The van der Waals surface area contributed by atoms with Crippen LogP contribution in [0, 0.1) is 0 Å². The minimum absolute atomic E-state index is 0.0744. The zero-order chi connectivity index (χ0) is 26.5. The summed E-state index contributed by atoms with van der Waals surface area (Å²) in [6, 6.07) is 17.6. The molecule has 3 aromatic carbocycles. The molecule has 0 aromatic heterocycles. The Morgan fingerprint density at radius 3 is 2.24 bits per heavy atom. The molecule has 11 heteroatoms. The van der Waals surface area contributed by atoms with Crippen molar-refractivity contribution < 1.29 is 9.53 Å². The Morgan fingerprint density at radius 1 is 0.892 bits per heavy atom. The Kier molecular flexibility index (Phi) is 9.76. The lowest BCUT2D eigenvalue weighted by molar-refractivity contribution is -0.117. The minimum atomic E-state index is -0.602. The third-order valence-corrected chi connectivity index (χ3v) is 7.53. The smallest absolute Gasteiger partial charge is 0.244 e. The van der Waals surface area contributed by atoms with E-state index in [2.05, 4.69) is 5.32 Å². The molecule has 0 saturated heterocycles. The number of nitrogens with one attached hydrogen (secondary N) is 1. The maximum Gasteiger partial charge on any atom is 0.244 e. The van der Waals surface area contributed by atoms with E-state index >= 15 is 0 Å². The number of benzene rings is 3. The van der Waals surface area contributed by atoms with E-state index in [1.54, 1.807) is 48.7 Å². The second-order valence-corrected chi connectivity index (χ2v) is 10.8. The summed E-state index contributed by atoms with van der Waals surface area (Å²) in [5, 5.41) is 5.14. The van der Waals surface area contributed by atoms with Crippen LogP contribution in [0.3, 0.4) is 0 Å². The van der Waals surface area contributed by atoms with Gasteiger partial charge >= 0.3 is 0 Å². The molecule has 1 aliphatic heterocycles. The van der Waals surface area contributed by atoms with E-state index in [0.29, 0.717) is 37.5 Å². The number of carbonyl (C=O) groups excluding carboxylic acids is 1. The lowest BCUT2D eigenvalue weighted by Gasteiger charge is -2.31. The Hall–Kier alpha value is -1.83. The summed E-state index contributed by atoms with van der Waals surface area (Å²) < 4.78 is 6.27. The van der Waals surface area contributed by atoms with Crippen LogP contribution in [0.1, 0.15) is 17.2 Å². The fourth-order valence-electron chi connectivity index (χ4n) is 3.71. The summed E-state index contributed by atoms with van der Waals surface area (Å²) in [5.74, 6) is -0.268. The first kappa shape index (κ1) is 28.2. The predicted octanol–water partition coefficient (Wildman–Crippen LogP) is 8.46. The summed E-state index contributed by atoms with van der Waals surface area (Å²) in [7, 11) is 0. The highest BCUT2D eigenvalue weighted by atomic mass is 35.5. The highest BCUT2D eigenvalue weighted by Gasteiger charge is 2.30. The van der Waals surface area contributed by atoms with Crippen molar-refractivity contribution in [2.24, 2.45) is 0 Å². The molecule has 0 fully saturated rings. The van der Waals surface area contributed by atoms with Crippen molar-refractivity contribution in [2.75, 3.05) is 18.5 Å². The Bertz CT molecular complexity index is 1270. The quantitative estimate of drug-likeness (QED) is 0.193. The molecule has 194 valence electrons. The fraction of sp³-hybridized carbons (Fsp3) is 0.192. The second kappa shape index (κ2) is 12.8. The number of anilines is 1. The highest BCUT2D eigenvalue weighted by Crippen LogP contribution is 2.33. The van der Waals surface area contributed by atoms with E-state index in [1.165, 1.54) is 0 Å². The van der Waals surface area contributed by atoms with Crippen LogP contribution >= 0.6 is 69.6 Å². The van der Waals surface area contributed by atoms with Crippen molar-refractivity contribution in [3.63, 3.8) is 0 Å². The molecule has 4 rings (SSSR count). The third kappa shape index (κ3) is 7.39. The molecule has 0 saturated carbocycles. The molecule has 0 bridgehead atoms. The molecule has 1 heterocycles. The molecule has 2 atom stereocenters. The molecule has 2 unspecified atom stereocenters. The van der Waals surface area contributed by atoms with Gasteiger partial charge in [-0.25, -0.2) is 0 Å². The summed E-state index contributed by atoms with van der Waals surface area (Å²) >= 11 is 37.7. The molecular weight excluding hydrogens is 599 g/mol. The van der Waals surface area contributed by atoms with E-state index in [1.807, 2.05) is 34.2 Å². The first-order chi connectivity index (χ1) is 17.7. The number of alkyl halides is 1. The van der Waals surface area contributed by atoms with Gasteiger partial charge < -0.3 is 19.9 Å². The van der Waals surface area contributed by atoms with Crippen LogP contribution in [0.15, 0.2) is 73.1 Å². The molecule has 37 heavy (non-hydrogen) atoms. The maximum atomic E-state index is 12.6. The summed E-state index contributed by atoms with van der Waals surface area (Å²) in [4.78, 5) is 16.3. The Balaban J connectivity index is 1.42. The first-order valence-electron chi connectivity index (χ1n) is 11.1. The van der Waals surface area contributed by atoms with Crippen molar-refractivity contribution >= 4 is 81.2 Å². The molecule has 5 nitrogen and oxygen atoms in total. The fourth-order valence-corrected chi connectivity index (χ4v) is 5.13. The van der Waals surface area contributed by atoms with Gasteiger partial charge in [0.25, 0.3) is 0 Å². The Labute approximate surface area is 245 Å². The van der Waals surface area contributed by atoms with Crippen LogP contribution in [-0.2, 0) is 16.1 Å². The van der Waals surface area contributed by atoms with Crippen LogP contribution in [0.4, 0.5) is 5.69 Å². The average molecular weight is 620 g/mol. The van der Waals surface area contributed by atoms with Gasteiger partial charge in [-0.2, -0.15) is 0 Å². The number of amides is 1. The number of hydrogen-bond acceptors (Lipinski definition) is 4. The standard InChI is InChI=1S/C26H21Cl6N3O2/c27-18-7-4-16(5-8-18)25(37-14-17-6-9-19(28)12-22(17)31)26(32)35-11-10-34(15-35)13-23(36)33-24-20(29)2-1-3-21(24)30/h1-12,25-26H,13-15H2,(H,33,36). The first-order valence-corrected chi connectivity index (χ1v) is 13.4. The molecule has 1 amide bonds. The van der Waals surface area contributed by atoms with Crippen LogP contribution in [0.2, 0.25) is 25.1 Å². The van der Waals surface area contributed by atoms with Crippen LogP contribution < -0.4 is 5.32 Å². The van der Waals surface area contributed by atoms with E-state index < -0.39 is 11.6 Å². The number of ether oxygens (including phenoxy) is 1. The van der Waals surface area contributed by atoms with E-state index in [4.69, 9.17) is 74.3 Å². The molecule has 1 N–H and O–H groups in total. The van der Waals surface area contributed by atoms with Gasteiger partial charge in [0.2, 0.25) is 5.91 Å². The van der Waals surface area contributed by atoms with Gasteiger partial charge in [-0.1, -0.05) is 93.9 Å². The summed E-state index contributed by atoms with van der Waals surface area (Å²) in [6.07, 6.45) is 3.07. The average Bonchev–Trinajstić information content (AvgIpc) is 3.32. The molecule has 1 aliphatic rings. The van der Waals surface area contributed by atoms with Crippen molar-refractivity contribution in [3.05, 3.63) is 109 Å². The lowest BCUT2D eigenvalue weighted by Crippen LogP contribution is -2.38. The third-order valence-electron chi connectivity index (χ3n) is 5.59. The van der Waals surface area contributed by atoms with Crippen molar-refractivity contribution in [1.82, 2.24) is 9.80 Å². The zero-order valence-electron chi connectivity index (χ0n) is 19.2. The molecule has 0 aliphatic carbocycles. The predicted molar refractivity (Wildman–Crippen MR) is 153 cm³/mol. The van der Waals surface area contributed by atoms with Gasteiger partial charge in [0.05, 0.1) is 35.6 Å². The number of carbonyl (C=O) groups is 1. The zero-order valence-corrected chi connectivity index (χ0v) is 23.7. The number of para-hydroxylation sites is 1. The minimum Gasteiger partial charge on any atom is -0.365 e. The molecule has 3 aromatic rings. The van der Waals surface area contributed by atoms with Gasteiger partial charge in [-0.3, -0.25) is 4.79 Å². The number of nitrogens with zero attached hydrogens (tertiary/aromatic N) is 2. The van der Waals surface area contributed by atoms with E-state index in [-0.39, 0.29) is 19.1 Å². The largest absolute Gasteiger partial charge is 0.365 e. The van der Waals surface area contributed by atoms with Crippen molar-refractivity contribution in [1.29, 1.82) is 0 Å². The van der Waals surface area contributed by atoms with E-state index in [0.717, 1.165) is 11.1 Å². The number of hydrogen-bond donors (Lipinski definition) is 1. The van der Waals surface area contributed by atoms with Crippen LogP contribution in [0.25, 0.3) is 0 Å². The van der Waals surface area contributed by atoms with Crippen LogP contribution in [0.5, 0.6) is 0 Å². The SMILES string of the molecule is O=C(CN1C=CN(C(Cl)C(OCc2ccc(Cl)cc2Cl)c2ccc(Cl)cc2)C1)Nc1c(Cl)cccc1Cl. The van der Waals surface area contributed by atoms with Crippen LogP contribution in [-0.4, -0.2) is 34.4 Å². The van der Waals surface area contributed by atoms with Crippen molar-refractivity contribution in [3.8, 4) is 0 Å². The lowest BCUT2D eigenvalue weighted by atomic mass is 10.1. The van der Waals surface area contributed by atoms with Gasteiger partial charge in [0, 0.05) is 27.5 Å². The normalized spacial score (nSPS) is 14.6.